The minimum absolute atomic E-state index is 0.00876. The molecule has 1 fully saturated rings. The van der Waals surface area contributed by atoms with Crippen molar-refractivity contribution in [3.63, 3.8) is 0 Å². The predicted molar refractivity (Wildman–Crippen MR) is 58.9 cm³/mol. The first-order chi connectivity index (χ1) is 7.66. The number of carbonyl (C=O) groups excluding carboxylic acids is 2. The number of rotatable bonds is 4. The fourth-order valence-corrected chi connectivity index (χ4v) is 1.81. The van der Waals surface area contributed by atoms with Gasteiger partial charge < -0.3 is 15.2 Å². The first-order valence-electron chi connectivity index (χ1n) is 5.35. The molecule has 86 valence electrons. The van der Waals surface area contributed by atoms with Crippen LogP contribution in [-0.2, 0) is 4.79 Å². The molecule has 2 heterocycles. The lowest BCUT2D eigenvalue weighted by atomic mass is 10.2. The molecule has 0 aromatic carbocycles. The molecular formula is C11H15N3O2. The van der Waals surface area contributed by atoms with Gasteiger partial charge in [0, 0.05) is 31.4 Å². The van der Waals surface area contributed by atoms with Crippen LogP contribution in [0.5, 0.6) is 0 Å². The topological polar surface area (TPSA) is 65.2 Å². The molecule has 2 N–H and O–H groups in total. The van der Waals surface area contributed by atoms with Gasteiger partial charge in [-0.2, -0.15) is 0 Å². The smallest absolute Gasteiger partial charge is 0.318 e. The average molecular weight is 221 g/mol. The van der Waals surface area contributed by atoms with E-state index in [1.165, 1.54) is 6.92 Å². The first kappa shape index (κ1) is 10.7. The van der Waals surface area contributed by atoms with Crippen LogP contribution in [0.2, 0.25) is 0 Å². The van der Waals surface area contributed by atoms with E-state index in [0.29, 0.717) is 19.5 Å². The van der Waals surface area contributed by atoms with Crippen molar-refractivity contribution in [3.05, 3.63) is 24.0 Å². The Labute approximate surface area is 93.8 Å². The van der Waals surface area contributed by atoms with Crippen LogP contribution in [0.15, 0.2) is 18.3 Å². The molecule has 0 spiro atoms. The third kappa shape index (κ3) is 2.24. The zero-order valence-corrected chi connectivity index (χ0v) is 9.19. The maximum absolute atomic E-state index is 11.6. The number of amides is 2. The molecule has 0 bridgehead atoms. The first-order valence-corrected chi connectivity index (χ1v) is 5.35. The summed E-state index contributed by atoms with van der Waals surface area (Å²) < 4.78 is 0. The fraction of sp³-hybridized carbons (Fsp3) is 0.455. The van der Waals surface area contributed by atoms with Crippen LogP contribution < -0.4 is 5.32 Å². The Morgan fingerprint density at radius 2 is 2.44 bits per heavy atom. The van der Waals surface area contributed by atoms with Gasteiger partial charge >= 0.3 is 6.03 Å². The lowest BCUT2D eigenvalue weighted by Crippen LogP contribution is -2.29. The summed E-state index contributed by atoms with van der Waals surface area (Å²) in [6.07, 6.45) is 2.25. The van der Waals surface area contributed by atoms with Crippen molar-refractivity contribution in [2.75, 3.05) is 13.1 Å². The Morgan fingerprint density at radius 1 is 1.62 bits per heavy atom. The zero-order chi connectivity index (χ0) is 11.5. The van der Waals surface area contributed by atoms with E-state index in [-0.39, 0.29) is 17.9 Å². The molecule has 0 radical (unpaired) electrons. The van der Waals surface area contributed by atoms with Crippen LogP contribution >= 0.6 is 0 Å². The Bertz CT molecular complexity index is 386. The second-order valence-electron chi connectivity index (χ2n) is 4.03. The van der Waals surface area contributed by atoms with E-state index in [2.05, 4.69) is 10.3 Å². The number of aromatic nitrogens is 1. The number of H-pyrrole nitrogens is 1. The van der Waals surface area contributed by atoms with Gasteiger partial charge in [0.25, 0.3) is 0 Å². The number of hydrogen-bond donors (Lipinski definition) is 2. The van der Waals surface area contributed by atoms with E-state index in [4.69, 9.17) is 0 Å². The van der Waals surface area contributed by atoms with Crippen molar-refractivity contribution < 1.29 is 9.59 Å². The standard InChI is InChI=1S/C11H15N3O2/c1-8(15)4-6-14-7-10(13-11(14)16)9-3-2-5-12-9/h2-3,5,10,12H,4,6-7H2,1H3,(H,13,16). The molecule has 1 aliphatic rings. The second kappa shape index (κ2) is 4.38. The summed E-state index contributed by atoms with van der Waals surface area (Å²) in [5, 5.41) is 2.87. The summed E-state index contributed by atoms with van der Waals surface area (Å²) in [4.78, 5) is 27.2. The van der Waals surface area contributed by atoms with Crippen molar-refractivity contribution in [1.82, 2.24) is 15.2 Å². The van der Waals surface area contributed by atoms with E-state index in [1.54, 1.807) is 4.90 Å². The largest absolute Gasteiger partial charge is 0.363 e. The molecule has 16 heavy (non-hydrogen) atoms. The molecule has 0 aliphatic carbocycles. The van der Waals surface area contributed by atoms with Gasteiger partial charge in [0.05, 0.1) is 6.04 Å². The van der Waals surface area contributed by atoms with Crippen LogP contribution in [0.1, 0.15) is 25.1 Å². The Morgan fingerprint density at radius 3 is 3.06 bits per heavy atom. The summed E-state index contributed by atoms with van der Waals surface area (Å²) in [6.45, 7) is 2.65. The monoisotopic (exact) mass is 221 g/mol. The number of hydrogen-bond acceptors (Lipinski definition) is 2. The van der Waals surface area contributed by atoms with Crippen molar-refractivity contribution in [2.24, 2.45) is 0 Å². The van der Waals surface area contributed by atoms with Crippen LogP contribution in [-0.4, -0.2) is 34.8 Å². The Balaban J connectivity index is 1.94. The molecule has 1 aromatic heterocycles. The number of nitrogens with one attached hydrogen (secondary N) is 2. The summed E-state index contributed by atoms with van der Waals surface area (Å²) in [6, 6.07) is 3.76. The number of urea groups is 1. The highest BCUT2D eigenvalue weighted by Crippen LogP contribution is 2.18. The van der Waals surface area contributed by atoms with E-state index in [1.807, 2.05) is 18.3 Å². The van der Waals surface area contributed by atoms with Crippen LogP contribution in [0, 0.1) is 0 Å². The van der Waals surface area contributed by atoms with Gasteiger partial charge in [-0.1, -0.05) is 0 Å². The molecule has 1 atom stereocenters. The van der Waals surface area contributed by atoms with E-state index in [0.717, 1.165) is 5.69 Å². The molecule has 1 saturated heterocycles. The number of Topliss-reactive ketones (excluding diaryl/α,β-unsaturated/α-hetero) is 1. The quantitative estimate of drug-likeness (QED) is 0.798. The molecule has 1 unspecified atom stereocenters. The summed E-state index contributed by atoms with van der Waals surface area (Å²) >= 11 is 0. The molecular weight excluding hydrogens is 206 g/mol. The minimum atomic E-state index is -0.0964. The van der Waals surface area contributed by atoms with Crippen LogP contribution in [0.4, 0.5) is 4.79 Å². The number of nitrogens with zero attached hydrogens (tertiary/aromatic N) is 1. The predicted octanol–water partition coefficient (Wildman–Crippen LogP) is 1.06. The molecule has 5 heteroatoms. The molecule has 2 rings (SSSR count). The fourth-order valence-electron chi connectivity index (χ4n) is 1.81. The Kier molecular flexibility index (Phi) is 2.94. The van der Waals surface area contributed by atoms with Crippen molar-refractivity contribution in [1.29, 1.82) is 0 Å². The maximum Gasteiger partial charge on any atom is 0.318 e. The van der Waals surface area contributed by atoms with Gasteiger partial charge in [0.15, 0.2) is 0 Å². The van der Waals surface area contributed by atoms with Gasteiger partial charge in [0.1, 0.15) is 5.78 Å². The van der Waals surface area contributed by atoms with Crippen LogP contribution in [0.3, 0.4) is 0 Å². The van der Waals surface area contributed by atoms with E-state index >= 15 is 0 Å². The highest BCUT2D eigenvalue weighted by Gasteiger charge is 2.29. The maximum atomic E-state index is 11.6. The molecule has 5 nitrogen and oxygen atoms in total. The average Bonchev–Trinajstić information content (AvgIpc) is 2.83. The molecule has 1 aromatic rings. The van der Waals surface area contributed by atoms with E-state index < -0.39 is 0 Å². The van der Waals surface area contributed by atoms with Gasteiger partial charge in [-0.3, -0.25) is 4.79 Å². The summed E-state index contributed by atoms with van der Waals surface area (Å²) in [5.41, 5.74) is 0.999. The van der Waals surface area contributed by atoms with Crippen molar-refractivity contribution in [3.8, 4) is 0 Å². The van der Waals surface area contributed by atoms with Gasteiger partial charge in [-0.25, -0.2) is 4.79 Å². The second-order valence-corrected chi connectivity index (χ2v) is 4.03. The lowest BCUT2D eigenvalue weighted by Gasteiger charge is -2.12. The SMILES string of the molecule is CC(=O)CCN1CC(c2ccc[nH]2)NC1=O. The summed E-state index contributed by atoms with van der Waals surface area (Å²) in [5.74, 6) is 0.108. The Hall–Kier alpha value is -1.78. The minimum Gasteiger partial charge on any atom is -0.363 e. The number of aromatic amines is 1. The third-order valence-electron chi connectivity index (χ3n) is 2.72. The molecule has 1 aliphatic heterocycles. The van der Waals surface area contributed by atoms with Crippen molar-refractivity contribution >= 4 is 11.8 Å². The number of carbonyl (C=O) groups is 2. The highest BCUT2D eigenvalue weighted by molar-refractivity contribution is 5.79. The van der Waals surface area contributed by atoms with Gasteiger partial charge in [0.2, 0.25) is 0 Å². The highest BCUT2D eigenvalue weighted by atomic mass is 16.2. The normalized spacial score (nSPS) is 19.9. The van der Waals surface area contributed by atoms with Crippen LogP contribution in [0.25, 0.3) is 0 Å². The van der Waals surface area contributed by atoms with Gasteiger partial charge in [-0.05, 0) is 19.1 Å². The molecule has 0 saturated carbocycles. The van der Waals surface area contributed by atoms with E-state index in [9.17, 15) is 9.59 Å². The van der Waals surface area contributed by atoms with Gasteiger partial charge in [-0.15, -0.1) is 0 Å². The number of ketones is 1. The third-order valence-corrected chi connectivity index (χ3v) is 2.72. The zero-order valence-electron chi connectivity index (χ0n) is 9.19. The lowest BCUT2D eigenvalue weighted by molar-refractivity contribution is -0.117. The summed E-state index contributed by atoms with van der Waals surface area (Å²) in [7, 11) is 0. The molecule has 2 amide bonds. The van der Waals surface area contributed by atoms with Crippen molar-refractivity contribution in [2.45, 2.75) is 19.4 Å².